The molecule has 0 heterocycles. The van der Waals surface area contributed by atoms with Crippen LogP contribution in [0.25, 0.3) is 0 Å². The van der Waals surface area contributed by atoms with E-state index >= 15 is 0 Å². The lowest BCUT2D eigenvalue weighted by Crippen LogP contribution is -1.91. The lowest BCUT2D eigenvalue weighted by Gasteiger charge is -1.97. The standard InChI is InChI=1S/C10H14O/c1-2-10(11)8-7-9-5-3-4-6-9/h2,5H,1,3-4,6-8H2. The quantitative estimate of drug-likeness (QED) is 0.444. The highest BCUT2D eigenvalue weighted by Crippen LogP contribution is 2.21. The van der Waals surface area contributed by atoms with Gasteiger partial charge in [0.1, 0.15) is 0 Å². The number of carbonyl (C=O) groups excluding carboxylic acids is 1. The van der Waals surface area contributed by atoms with E-state index in [-0.39, 0.29) is 5.78 Å². The Kier molecular flexibility index (Phi) is 3.09. The van der Waals surface area contributed by atoms with Gasteiger partial charge in [-0.2, -0.15) is 0 Å². The Hall–Kier alpha value is -0.850. The summed E-state index contributed by atoms with van der Waals surface area (Å²) < 4.78 is 0. The van der Waals surface area contributed by atoms with Crippen LogP contribution in [-0.2, 0) is 4.79 Å². The Labute approximate surface area is 67.8 Å². The summed E-state index contributed by atoms with van der Waals surface area (Å²) >= 11 is 0. The predicted octanol–water partition coefficient (Wildman–Crippen LogP) is 2.63. The predicted molar refractivity (Wildman–Crippen MR) is 46.4 cm³/mol. The molecule has 11 heavy (non-hydrogen) atoms. The van der Waals surface area contributed by atoms with Crippen LogP contribution in [0.3, 0.4) is 0 Å². The van der Waals surface area contributed by atoms with E-state index in [0.717, 1.165) is 6.42 Å². The van der Waals surface area contributed by atoms with Gasteiger partial charge in [0.2, 0.25) is 0 Å². The van der Waals surface area contributed by atoms with E-state index in [0.29, 0.717) is 6.42 Å². The minimum absolute atomic E-state index is 0.165. The third-order valence-corrected chi connectivity index (χ3v) is 2.06. The summed E-state index contributed by atoms with van der Waals surface area (Å²) in [4.78, 5) is 10.8. The fourth-order valence-corrected chi connectivity index (χ4v) is 1.35. The highest BCUT2D eigenvalue weighted by molar-refractivity contribution is 5.89. The Morgan fingerprint density at radius 1 is 1.73 bits per heavy atom. The minimum atomic E-state index is 0.165. The summed E-state index contributed by atoms with van der Waals surface area (Å²) in [6.45, 7) is 3.44. The smallest absolute Gasteiger partial charge is 0.155 e. The first-order valence-electron chi connectivity index (χ1n) is 4.16. The van der Waals surface area contributed by atoms with Crippen LogP contribution in [0.5, 0.6) is 0 Å². The molecule has 0 aliphatic heterocycles. The van der Waals surface area contributed by atoms with Gasteiger partial charge in [-0.15, -0.1) is 0 Å². The second kappa shape index (κ2) is 4.12. The van der Waals surface area contributed by atoms with Gasteiger partial charge in [0.05, 0.1) is 0 Å². The van der Waals surface area contributed by atoms with Gasteiger partial charge < -0.3 is 0 Å². The van der Waals surface area contributed by atoms with Gasteiger partial charge in [-0.3, -0.25) is 4.79 Å². The van der Waals surface area contributed by atoms with Gasteiger partial charge >= 0.3 is 0 Å². The fourth-order valence-electron chi connectivity index (χ4n) is 1.35. The Morgan fingerprint density at radius 2 is 2.55 bits per heavy atom. The first-order chi connectivity index (χ1) is 5.33. The van der Waals surface area contributed by atoms with Crippen LogP contribution in [0.2, 0.25) is 0 Å². The number of ketones is 1. The van der Waals surface area contributed by atoms with E-state index in [9.17, 15) is 4.79 Å². The Morgan fingerprint density at radius 3 is 3.09 bits per heavy atom. The SMILES string of the molecule is C=CC(=O)CCC1=CCCC1. The molecule has 1 nitrogen and oxygen atoms in total. The van der Waals surface area contributed by atoms with Crippen molar-refractivity contribution in [2.75, 3.05) is 0 Å². The molecule has 0 radical (unpaired) electrons. The average molecular weight is 150 g/mol. The summed E-state index contributed by atoms with van der Waals surface area (Å²) in [6.07, 6.45) is 8.95. The van der Waals surface area contributed by atoms with Gasteiger partial charge in [0.15, 0.2) is 5.78 Å². The van der Waals surface area contributed by atoms with Gasteiger partial charge in [-0.1, -0.05) is 18.2 Å². The zero-order valence-electron chi connectivity index (χ0n) is 6.81. The van der Waals surface area contributed by atoms with E-state index in [2.05, 4.69) is 12.7 Å². The molecule has 1 rings (SSSR count). The zero-order valence-corrected chi connectivity index (χ0v) is 6.81. The molecule has 1 heteroatoms. The summed E-state index contributed by atoms with van der Waals surface area (Å²) in [5.41, 5.74) is 1.46. The maximum Gasteiger partial charge on any atom is 0.155 e. The van der Waals surface area contributed by atoms with E-state index in [1.807, 2.05) is 0 Å². The van der Waals surface area contributed by atoms with Crippen LogP contribution in [-0.4, -0.2) is 5.78 Å². The van der Waals surface area contributed by atoms with Crippen LogP contribution in [0.15, 0.2) is 24.3 Å². The molecule has 0 aromatic heterocycles. The largest absolute Gasteiger partial charge is 0.295 e. The lowest BCUT2D eigenvalue weighted by atomic mass is 10.1. The van der Waals surface area contributed by atoms with Crippen LogP contribution >= 0.6 is 0 Å². The molecule has 0 saturated carbocycles. The first-order valence-corrected chi connectivity index (χ1v) is 4.16. The molecule has 1 aliphatic rings. The van der Waals surface area contributed by atoms with E-state index in [1.165, 1.54) is 30.9 Å². The fraction of sp³-hybridized carbons (Fsp3) is 0.500. The molecule has 0 saturated heterocycles. The molecule has 0 fully saturated rings. The van der Waals surface area contributed by atoms with Crippen LogP contribution in [0.1, 0.15) is 32.1 Å². The number of hydrogen-bond acceptors (Lipinski definition) is 1. The average Bonchev–Trinajstić information content (AvgIpc) is 2.52. The summed E-state index contributed by atoms with van der Waals surface area (Å²) in [7, 11) is 0. The first kappa shape index (κ1) is 8.25. The Balaban J connectivity index is 2.21. The minimum Gasteiger partial charge on any atom is -0.295 e. The van der Waals surface area contributed by atoms with Crippen molar-refractivity contribution in [2.24, 2.45) is 0 Å². The molecule has 0 bridgehead atoms. The van der Waals surface area contributed by atoms with Crippen LogP contribution in [0.4, 0.5) is 0 Å². The molecule has 0 aromatic rings. The normalized spacial score (nSPS) is 16.2. The second-order valence-corrected chi connectivity index (χ2v) is 2.93. The Bertz CT molecular complexity index is 189. The highest BCUT2D eigenvalue weighted by Gasteiger charge is 2.05. The van der Waals surface area contributed by atoms with Crippen LogP contribution < -0.4 is 0 Å². The summed E-state index contributed by atoms with van der Waals surface area (Å²) in [5.74, 6) is 0.165. The van der Waals surface area contributed by atoms with Crippen molar-refractivity contribution in [1.82, 2.24) is 0 Å². The third kappa shape index (κ3) is 2.71. The monoisotopic (exact) mass is 150 g/mol. The summed E-state index contributed by atoms with van der Waals surface area (Å²) in [5, 5.41) is 0. The molecule has 0 aromatic carbocycles. The number of allylic oxidation sites excluding steroid dienone is 3. The topological polar surface area (TPSA) is 17.1 Å². The lowest BCUT2D eigenvalue weighted by molar-refractivity contribution is -0.114. The number of rotatable bonds is 4. The van der Waals surface area contributed by atoms with E-state index in [4.69, 9.17) is 0 Å². The molecule has 0 atom stereocenters. The molecular formula is C10H14O. The zero-order chi connectivity index (χ0) is 8.10. The number of carbonyl (C=O) groups is 1. The van der Waals surface area contributed by atoms with Crippen LogP contribution in [0, 0.1) is 0 Å². The van der Waals surface area contributed by atoms with Crippen molar-refractivity contribution < 1.29 is 4.79 Å². The maximum absolute atomic E-state index is 10.8. The van der Waals surface area contributed by atoms with Crippen molar-refractivity contribution in [3.8, 4) is 0 Å². The van der Waals surface area contributed by atoms with Gasteiger partial charge in [-0.25, -0.2) is 0 Å². The molecule has 0 spiro atoms. The highest BCUT2D eigenvalue weighted by atomic mass is 16.1. The van der Waals surface area contributed by atoms with E-state index < -0.39 is 0 Å². The van der Waals surface area contributed by atoms with Gasteiger partial charge in [0, 0.05) is 6.42 Å². The molecule has 1 aliphatic carbocycles. The number of hydrogen-bond donors (Lipinski definition) is 0. The second-order valence-electron chi connectivity index (χ2n) is 2.93. The molecule has 0 unspecified atom stereocenters. The van der Waals surface area contributed by atoms with Gasteiger partial charge in [-0.05, 0) is 31.8 Å². The van der Waals surface area contributed by atoms with Crippen molar-refractivity contribution in [2.45, 2.75) is 32.1 Å². The molecular weight excluding hydrogens is 136 g/mol. The van der Waals surface area contributed by atoms with Crippen molar-refractivity contribution in [1.29, 1.82) is 0 Å². The molecule has 0 N–H and O–H groups in total. The van der Waals surface area contributed by atoms with Crippen molar-refractivity contribution >= 4 is 5.78 Å². The van der Waals surface area contributed by atoms with Crippen molar-refractivity contribution in [3.63, 3.8) is 0 Å². The molecule has 60 valence electrons. The van der Waals surface area contributed by atoms with E-state index in [1.54, 1.807) is 0 Å². The molecule has 0 amide bonds. The maximum atomic E-state index is 10.8. The van der Waals surface area contributed by atoms with Crippen molar-refractivity contribution in [3.05, 3.63) is 24.3 Å². The third-order valence-electron chi connectivity index (χ3n) is 2.06. The summed E-state index contributed by atoms with van der Waals surface area (Å²) in [6, 6.07) is 0. The van der Waals surface area contributed by atoms with Gasteiger partial charge in [0.25, 0.3) is 0 Å².